The first-order valence-electron chi connectivity index (χ1n) is 8.00. The van der Waals surface area contributed by atoms with E-state index in [1.54, 1.807) is 12.1 Å². The molecular formula is C17H21BFNO4S. The number of aryl methyl sites for hydroxylation is 1. The molecule has 0 bridgehead atoms. The van der Waals surface area contributed by atoms with E-state index in [0.717, 1.165) is 11.6 Å². The Hall–Kier alpha value is -1.64. The lowest BCUT2D eigenvalue weighted by Crippen LogP contribution is -2.41. The van der Waals surface area contributed by atoms with Crippen molar-refractivity contribution in [3.8, 4) is 0 Å². The van der Waals surface area contributed by atoms with Gasteiger partial charge in [0.2, 0.25) is 5.95 Å². The van der Waals surface area contributed by atoms with Crippen molar-refractivity contribution in [1.29, 1.82) is 0 Å². The summed E-state index contributed by atoms with van der Waals surface area (Å²) < 4.78 is 52.1. The van der Waals surface area contributed by atoms with Crippen molar-refractivity contribution in [3.05, 3.63) is 48.0 Å². The van der Waals surface area contributed by atoms with Crippen LogP contribution in [0.1, 0.15) is 33.3 Å². The summed E-state index contributed by atoms with van der Waals surface area (Å²) in [6.45, 7) is 9.36. The molecule has 0 aliphatic carbocycles. The van der Waals surface area contributed by atoms with Crippen molar-refractivity contribution in [3.63, 3.8) is 0 Å². The maximum Gasteiger partial charge on any atom is 0.496 e. The largest absolute Gasteiger partial charge is 0.496 e. The molecule has 1 aromatic heterocycles. The molecule has 8 heteroatoms. The van der Waals surface area contributed by atoms with Gasteiger partial charge in [0.25, 0.3) is 10.0 Å². The Balaban J connectivity index is 1.98. The van der Waals surface area contributed by atoms with Crippen LogP contribution in [0.2, 0.25) is 0 Å². The van der Waals surface area contributed by atoms with Gasteiger partial charge in [-0.25, -0.2) is 12.4 Å². The zero-order valence-corrected chi connectivity index (χ0v) is 15.7. The molecule has 2 aromatic rings. The first-order valence-corrected chi connectivity index (χ1v) is 9.44. The number of hydrogen-bond donors (Lipinski definition) is 0. The van der Waals surface area contributed by atoms with Gasteiger partial charge in [0.15, 0.2) is 0 Å². The molecule has 0 amide bonds. The molecule has 0 radical (unpaired) electrons. The first kappa shape index (κ1) is 18.2. The molecule has 3 rings (SSSR count). The van der Waals surface area contributed by atoms with Crippen LogP contribution in [0.3, 0.4) is 0 Å². The fourth-order valence-corrected chi connectivity index (χ4v) is 3.80. The van der Waals surface area contributed by atoms with Gasteiger partial charge >= 0.3 is 7.12 Å². The summed E-state index contributed by atoms with van der Waals surface area (Å²) in [6.07, 6.45) is 1.21. The van der Waals surface area contributed by atoms with Crippen LogP contribution in [0, 0.1) is 12.9 Å². The van der Waals surface area contributed by atoms with E-state index < -0.39 is 34.3 Å². The monoisotopic (exact) mass is 365 g/mol. The Labute approximate surface area is 148 Å². The number of nitrogens with zero attached hydrogens (tertiary/aromatic N) is 1. The normalized spacial score (nSPS) is 19.4. The zero-order valence-electron chi connectivity index (χ0n) is 14.9. The second-order valence-corrected chi connectivity index (χ2v) is 9.11. The van der Waals surface area contributed by atoms with E-state index in [0.29, 0.717) is 9.44 Å². The average Bonchev–Trinajstić information content (AvgIpc) is 2.98. The van der Waals surface area contributed by atoms with Gasteiger partial charge < -0.3 is 9.31 Å². The molecule has 25 heavy (non-hydrogen) atoms. The van der Waals surface area contributed by atoms with Crippen LogP contribution in [0.5, 0.6) is 0 Å². The quantitative estimate of drug-likeness (QED) is 0.785. The third-order valence-corrected chi connectivity index (χ3v) is 6.53. The maximum absolute atomic E-state index is 14.4. The van der Waals surface area contributed by atoms with Crippen molar-refractivity contribution < 1.29 is 22.1 Å². The molecule has 1 aliphatic rings. The highest BCUT2D eigenvalue weighted by molar-refractivity contribution is 7.90. The fourth-order valence-electron chi connectivity index (χ4n) is 2.55. The van der Waals surface area contributed by atoms with Crippen LogP contribution in [-0.4, -0.2) is 30.7 Å². The number of hydrogen-bond acceptors (Lipinski definition) is 4. The predicted molar refractivity (Wildman–Crippen MR) is 93.9 cm³/mol. The van der Waals surface area contributed by atoms with Gasteiger partial charge in [-0.3, -0.25) is 0 Å². The molecule has 1 aliphatic heterocycles. The summed E-state index contributed by atoms with van der Waals surface area (Å²) in [5.74, 6) is -0.884. The van der Waals surface area contributed by atoms with Crippen LogP contribution < -0.4 is 5.46 Å². The van der Waals surface area contributed by atoms with Crippen LogP contribution in [0.15, 0.2) is 41.4 Å². The fraction of sp³-hybridized carbons (Fsp3) is 0.412. The highest BCUT2D eigenvalue weighted by Crippen LogP contribution is 2.36. The van der Waals surface area contributed by atoms with Gasteiger partial charge in [-0.2, -0.15) is 4.39 Å². The number of aromatic nitrogens is 1. The molecule has 0 atom stereocenters. The Kier molecular flexibility index (Phi) is 4.13. The van der Waals surface area contributed by atoms with Crippen LogP contribution in [-0.2, 0) is 19.3 Å². The number of benzene rings is 1. The Morgan fingerprint density at radius 2 is 1.56 bits per heavy atom. The third kappa shape index (κ3) is 3.03. The second kappa shape index (κ2) is 5.69. The molecule has 1 fully saturated rings. The summed E-state index contributed by atoms with van der Waals surface area (Å²) >= 11 is 0. The molecular weight excluding hydrogens is 344 g/mol. The molecule has 5 nitrogen and oxygen atoms in total. The topological polar surface area (TPSA) is 57.5 Å². The lowest BCUT2D eigenvalue weighted by atomic mass is 9.81. The summed E-state index contributed by atoms with van der Waals surface area (Å²) in [5, 5.41) is 0. The molecule has 1 saturated heterocycles. The lowest BCUT2D eigenvalue weighted by molar-refractivity contribution is 0.00578. The summed E-state index contributed by atoms with van der Waals surface area (Å²) in [5.41, 5.74) is 0.0645. The SMILES string of the molecule is Cc1ccc(S(=O)(=O)n2cc(B3OC(C)(C)C(C)(C)O3)cc2F)cc1. The molecule has 2 heterocycles. The highest BCUT2D eigenvalue weighted by atomic mass is 32.2. The van der Waals surface area contributed by atoms with Crippen molar-refractivity contribution in [2.75, 3.05) is 0 Å². The first-order chi connectivity index (χ1) is 11.4. The van der Waals surface area contributed by atoms with Crippen LogP contribution >= 0.6 is 0 Å². The van der Waals surface area contributed by atoms with E-state index in [1.165, 1.54) is 18.3 Å². The van der Waals surface area contributed by atoms with E-state index in [4.69, 9.17) is 9.31 Å². The van der Waals surface area contributed by atoms with Crippen LogP contribution in [0.4, 0.5) is 4.39 Å². The zero-order chi connectivity index (χ0) is 18.6. The minimum absolute atomic E-state index is 0.0214. The van der Waals surface area contributed by atoms with E-state index in [9.17, 15) is 12.8 Å². The highest BCUT2D eigenvalue weighted by Gasteiger charge is 2.52. The second-order valence-electron chi connectivity index (χ2n) is 7.30. The molecule has 0 N–H and O–H groups in total. The van der Waals surface area contributed by atoms with Gasteiger partial charge in [0.05, 0.1) is 16.1 Å². The van der Waals surface area contributed by atoms with Crippen LogP contribution in [0.25, 0.3) is 0 Å². The van der Waals surface area contributed by atoms with Crippen molar-refractivity contribution in [1.82, 2.24) is 3.97 Å². The molecule has 1 aromatic carbocycles. The van der Waals surface area contributed by atoms with Gasteiger partial charge in [-0.05, 0) is 52.8 Å². The van der Waals surface area contributed by atoms with E-state index in [1.807, 2.05) is 34.6 Å². The smallest absolute Gasteiger partial charge is 0.399 e. The van der Waals surface area contributed by atoms with Gasteiger partial charge in [0, 0.05) is 11.7 Å². The Morgan fingerprint density at radius 3 is 2.08 bits per heavy atom. The minimum Gasteiger partial charge on any atom is -0.399 e. The van der Waals surface area contributed by atoms with E-state index in [-0.39, 0.29) is 4.90 Å². The number of halogens is 1. The molecule has 0 unspecified atom stereocenters. The summed E-state index contributed by atoms with van der Waals surface area (Å²) in [7, 11) is -4.85. The summed E-state index contributed by atoms with van der Waals surface area (Å²) in [4.78, 5) is 0.0214. The average molecular weight is 365 g/mol. The standard InChI is InChI=1S/C17H21BFNO4S/c1-12-6-8-14(9-7-12)25(21,22)20-11-13(10-15(20)19)18-23-16(2,3)17(4,5)24-18/h6-11H,1-5H3. The van der Waals surface area contributed by atoms with Gasteiger partial charge in [-0.1, -0.05) is 17.7 Å². The van der Waals surface area contributed by atoms with Crippen molar-refractivity contribution in [2.24, 2.45) is 0 Å². The lowest BCUT2D eigenvalue weighted by Gasteiger charge is -2.32. The summed E-state index contributed by atoms with van der Waals surface area (Å²) in [6, 6.07) is 7.39. The van der Waals surface area contributed by atoms with Crippen molar-refractivity contribution >= 4 is 22.6 Å². The number of rotatable bonds is 3. The predicted octanol–water partition coefficient (Wildman–Crippen LogP) is 2.47. The Morgan fingerprint density at radius 1 is 1.04 bits per heavy atom. The van der Waals surface area contributed by atoms with E-state index >= 15 is 0 Å². The third-order valence-electron chi connectivity index (χ3n) is 4.87. The molecule has 134 valence electrons. The minimum atomic E-state index is -4.02. The van der Waals surface area contributed by atoms with E-state index in [2.05, 4.69) is 0 Å². The molecule has 0 spiro atoms. The maximum atomic E-state index is 14.4. The molecule has 0 saturated carbocycles. The van der Waals surface area contributed by atoms with Gasteiger partial charge in [0.1, 0.15) is 0 Å². The van der Waals surface area contributed by atoms with Crippen molar-refractivity contribution in [2.45, 2.75) is 50.7 Å². The Bertz CT molecular complexity index is 887. The van der Waals surface area contributed by atoms with Gasteiger partial charge in [-0.15, -0.1) is 0 Å².